The van der Waals surface area contributed by atoms with E-state index in [1.54, 1.807) is 13.0 Å². The minimum atomic E-state index is -0.473. The number of halogens is 1. The lowest BCUT2D eigenvalue weighted by atomic mass is 10.00. The van der Waals surface area contributed by atoms with Crippen LogP contribution in [0, 0.1) is 18.7 Å². The van der Waals surface area contributed by atoms with Gasteiger partial charge in [0, 0.05) is 6.04 Å². The fourth-order valence-electron chi connectivity index (χ4n) is 1.57. The molecule has 0 saturated heterocycles. The first kappa shape index (κ1) is 13.9. The second kappa shape index (κ2) is 5.98. The molecule has 0 aliphatic heterocycles. The number of benzene rings is 1. The van der Waals surface area contributed by atoms with Crippen LogP contribution in [0.3, 0.4) is 0 Å². The zero-order valence-corrected chi connectivity index (χ0v) is 10.5. The van der Waals surface area contributed by atoms with E-state index in [1.165, 1.54) is 12.1 Å². The molecule has 2 unspecified atom stereocenters. The van der Waals surface area contributed by atoms with Crippen molar-refractivity contribution in [3.8, 4) is 5.75 Å². The molecule has 4 heteroatoms. The topological polar surface area (TPSA) is 55.5 Å². The number of hydrogen-bond donors (Lipinski definition) is 2. The second-order valence-electron chi connectivity index (χ2n) is 4.57. The summed E-state index contributed by atoms with van der Waals surface area (Å²) in [4.78, 5) is 0. The molecule has 1 aromatic carbocycles. The molecule has 0 aromatic heterocycles. The van der Waals surface area contributed by atoms with Crippen molar-refractivity contribution in [1.29, 1.82) is 0 Å². The molecule has 0 aliphatic rings. The van der Waals surface area contributed by atoms with Gasteiger partial charge in [-0.1, -0.05) is 13.8 Å². The Kier molecular flexibility index (Phi) is 4.90. The molecule has 2 atom stereocenters. The van der Waals surface area contributed by atoms with Crippen LogP contribution in [-0.4, -0.2) is 23.9 Å². The van der Waals surface area contributed by atoms with Gasteiger partial charge >= 0.3 is 0 Å². The molecule has 17 heavy (non-hydrogen) atoms. The molecule has 1 rings (SSSR count). The molecule has 3 N–H and O–H groups in total. The van der Waals surface area contributed by atoms with Crippen LogP contribution >= 0.6 is 0 Å². The molecule has 0 aliphatic carbocycles. The van der Waals surface area contributed by atoms with Crippen molar-refractivity contribution in [1.82, 2.24) is 0 Å². The highest BCUT2D eigenvalue weighted by molar-refractivity contribution is 5.32. The molecule has 0 radical (unpaired) electrons. The molecule has 0 heterocycles. The van der Waals surface area contributed by atoms with Gasteiger partial charge in [-0.2, -0.15) is 0 Å². The minimum absolute atomic E-state index is 0.157. The van der Waals surface area contributed by atoms with Crippen LogP contribution in [0.2, 0.25) is 0 Å². The molecule has 96 valence electrons. The Bertz CT molecular complexity index is 368. The summed E-state index contributed by atoms with van der Waals surface area (Å²) in [5, 5.41) is 9.27. The van der Waals surface area contributed by atoms with Gasteiger partial charge in [-0.15, -0.1) is 0 Å². The van der Waals surface area contributed by atoms with Gasteiger partial charge < -0.3 is 15.6 Å². The summed E-state index contributed by atoms with van der Waals surface area (Å²) in [5.41, 5.74) is 6.63. The van der Waals surface area contributed by atoms with Gasteiger partial charge in [-0.05, 0) is 36.6 Å². The third-order valence-corrected chi connectivity index (χ3v) is 2.79. The summed E-state index contributed by atoms with van der Waals surface area (Å²) in [6, 6.07) is 4.02. The molecule has 3 nitrogen and oxygen atoms in total. The Labute approximate surface area is 101 Å². The monoisotopic (exact) mass is 241 g/mol. The Morgan fingerprint density at radius 3 is 2.53 bits per heavy atom. The van der Waals surface area contributed by atoms with Crippen LogP contribution in [0.25, 0.3) is 0 Å². The van der Waals surface area contributed by atoms with Gasteiger partial charge in [0.25, 0.3) is 0 Å². The fourth-order valence-corrected chi connectivity index (χ4v) is 1.57. The zero-order chi connectivity index (χ0) is 13.0. The van der Waals surface area contributed by atoms with Gasteiger partial charge in [0.2, 0.25) is 0 Å². The first-order valence-corrected chi connectivity index (χ1v) is 5.75. The van der Waals surface area contributed by atoms with E-state index in [2.05, 4.69) is 0 Å². The largest absolute Gasteiger partial charge is 0.486 e. The van der Waals surface area contributed by atoms with Gasteiger partial charge in [0.15, 0.2) is 0 Å². The van der Waals surface area contributed by atoms with Gasteiger partial charge in [-0.25, -0.2) is 4.39 Å². The number of aryl methyl sites for hydroxylation is 1. The number of aliphatic hydroxyl groups is 1. The van der Waals surface area contributed by atoms with Crippen molar-refractivity contribution in [2.24, 2.45) is 11.7 Å². The van der Waals surface area contributed by atoms with E-state index < -0.39 is 6.10 Å². The summed E-state index contributed by atoms with van der Waals surface area (Å²) < 4.78 is 18.6. The number of hydrogen-bond acceptors (Lipinski definition) is 3. The normalized spacial score (nSPS) is 14.8. The van der Waals surface area contributed by atoms with Crippen molar-refractivity contribution < 1.29 is 14.2 Å². The highest BCUT2D eigenvalue weighted by atomic mass is 19.1. The third kappa shape index (κ3) is 3.68. The lowest BCUT2D eigenvalue weighted by Crippen LogP contribution is -2.45. The van der Waals surface area contributed by atoms with Crippen molar-refractivity contribution in [3.05, 3.63) is 29.6 Å². The van der Waals surface area contributed by atoms with Crippen molar-refractivity contribution in [2.45, 2.75) is 32.9 Å². The molecular weight excluding hydrogens is 221 g/mol. The summed E-state index contributed by atoms with van der Waals surface area (Å²) in [7, 11) is 0. The van der Waals surface area contributed by atoms with Crippen LogP contribution in [0.4, 0.5) is 4.39 Å². The first-order chi connectivity index (χ1) is 7.95. The van der Waals surface area contributed by atoms with Crippen LogP contribution in [-0.2, 0) is 0 Å². The molecule has 0 bridgehead atoms. The Balaban J connectivity index is 2.80. The van der Waals surface area contributed by atoms with Crippen LogP contribution in [0.5, 0.6) is 5.75 Å². The Morgan fingerprint density at radius 1 is 1.41 bits per heavy atom. The van der Waals surface area contributed by atoms with Crippen molar-refractivity contribution in [2.75, 3.05) is 6.61 Å². The van der Waals surface area contributed by atoms with Crippen LogP contribution < -0.4 is 10.5 Å². The predicted octanol–water partition coefficient (Wildman–Crippen LogP) is 1.86. The van der Waals surface area contributed by atoms with Gasteiger partial charge in [0.1, 0.15) is 17.7 Å². The SMILES string of the molecule is Cc1cc(F)ccc1OC(CO)C(N)C(C)C. The Morgan fingerprint density at radius 2 is 2.06 bits per heavy atom. The smallest absolute Gasteiger partial charge is 0.137 e. The zero-order valence-electron chi connectivity index (χ0n) is 10.5. The highest BCUT2D eigenvalue weighted by Gasteiger charge is 2.22. The quantitative estimate of drug-likeness (QED) is 0.827. The second-order valence-corrected chi connectivity index (χ2v) is 4.57. The minimum Gasteiger partial charge on any atom is -0.486 e. The lowest BCUT2D eigenvalue weighted by molar-refractivity contribution is 0.0804. The number of rotatable bonds is 5. The molecule has 1 aromatic rings. The fraction of sp³-hybridized carbons (Fsp3) is 0.538. The van der Waals surface area contributed by atoms with E-state index in [0.29, 0.717) is 11.3 Å². The maximum absolute atomic E-state index is 12.9. The van der Waals surface area contributed by atoms with Crippen LogP contribution in [0.15, 0.2) is 18.2 Å². The lowest BCUT2D eigenvalue weighted by Gasteiger charge is -2.26. The summed E-state index contributed by atoms with van der Waals surface area (Å²) >= 11 is 0. The average molecular weight is 241 g/mol. The number of ether oxygens (including phenoxy) is 1. The predicted molar refractivity (Wildman–Crippen MR) is 65.5 cm³/mol. The molecular formula is C13H20FNO2. The first-order valence-electron chi connectivity index (χ1n) is 5.75. The average Bonchev–Trinajstić information content (AvgIpc) is 2.27. The van der Waals surface area contributed by atoms with E-state index in [1.807, 2.05) is 13.8 Å². The summed E-state index contributed by atoms with van der Waals surface area (Å²) in [5.74, 6) is 0.456. The van der Waals surface area contributed by atoms with Crippen LogP contribution in [0.1, 0.15) is 19.4 Å². The molecule has 0 amide bonds. The maximum Gasteiger partial charge on any atom is 0.137 e. The number of nitrogens with two attached hydrogens (primary N) is 1. The highest BCUT2D eigenvalue weighted by Crippen LogP contribution is 2.21. The van der Waals surface area contributed by atoms with E-state index >= 15 is 0 Å². The van der Waals surface area contributed by atoms with E-state index in [0.717, 1.165) is 0 Å². The van der Waals surface area contributed by atoms with E-state index in [-0.39, 0.29) is 24.4 Å². The maximum atomic E-state index is 12.9. The van der Waals surface area contributed by atoms with E-state index in [9.17, 15) is 9.50 Å². The standard InChI is InChI=1S/C13H20FNO2/c1-8(2)13(15)12(7-16)17-11-5-4-10(14)6-9(11)3/h4-6,8,12-13,16H,7,15H2,1-3H3. The molecule has 0 fully saturated rings. The molecule has 0 saturated carbocycles. The van der Waals surface area contributed by atoms with E-state index in [4.69, 9.17) is 10.5 Å². The number of aliphatic hydroxyl groups excluding tert-OH is 1. The summed E-state index contributed by atoms with van der Waals surface area (Å²) in [6.45, 7) is 5.53. The summed E-state index contributed by atoms with van der Waals surface area (Å²) in [6.07, 6.45) is -0.473. The van der Waals surface area contributed by atoms with Gasteiger partial charge in [-0.3, -0.25) is 0 Å². The third-order valence-electron chi connectivity index (χ3n) is 2.79. The van der Waals surface area contributed by atoms with Crippen molar-refractivity contribution in [3.63, 3.8) is 0 Å². The van der Waals surface area contributed by atoms with Gasteiger partial charge in [0.05, 0.1) is 6.61 Å². The molecule has 0 spiro atoms. The Hall–Kier alpha value is -1.13. The van der Waals surface area contributed by atoms with Crippen molar-refractivity contribution >= 4 is 0 Å².